The van der Waals surface area contributed by atoms with Crippen LogP contribution in [-0.4, -0.2) is 56.8 Å². The highest BCUT2D eigenvalue weighted by Gasteiger charge is 2.24. The molecule has 1 heterocycles. The van der Waals surface area contributed by atoms with E-state index >= 15 is 0 Å². The fourth-order valence-electron chi connectivity index (χ4n) is 3.30. The second-order valence-electron chi connectivity index (χ2n) is 7.29. The number of rotatable bonds is 9. The number of unbranched alkanes of at least 4 members (excludes halogenated alkanes) is 1. The maximum atomic E-state index is 12.8. The molecule has 1 saturated heterocycles. The van der Waals surface area contributed by atoms with Gasteiger partial charge in [-0.1, -0.05) is 13.3 Å². The molecule has 1 aliphatic heterocycles. The van der Waals surface area contributed by atoms with Crippen molar-refractivity contribution in [3.63, 3.8) is 0 Å². The first kappa shape index (κ1) is 21.4. The monoisotopic (exact) mass is 378 g/mol. The highest BCUT2D eigenvalue weighted by Crippen LogP contribution is 2.38. The molecule has 1 aromatic carbocycles. The van der Waals surface area contributed by atoms with E-state index in [9.17, 15) is 4.79 Å². The van der Waals surface area contributed by atoms with Crippen LogP contribution in [0.15, 0.2) is 12.1 Å². The first-order valence-corrected chi connectivity index (χ1v) is 9.93. The predicted octanol–water partition coefficient (Wildman–Crippen LogP) is 3.49. The van der Waals surface area contributed by atoms with Gasteiger partial charge in [-0.15, -0.1) is 0 Å². The molecule has 2 rings (SSSR count). The summed E-state index contributed by atoms with van der Waals surface area (Å²) >= 11 is 0. The van der Waals surface area contributed by atoms with Crippen molar-refractivity contribution < 1.29 is 19.0 Å². The summed E-state index contributed by atoms with van der Waals surface area (Å²) in [5.41, 5.74) is 0.526. The molecule has 6 heteroatoms. The maximum absolute atomic E-state index is 12.8. The van der Waals surface area contributed by atoms with Crippen LogP contribution in [0.5, 0.6) is 17.2 Å². The average molecular weight is 379 g/mol. The van der Waals surface area contributed by atoms with E-state index in [4.69, 9.17) is 14.2 Å². The SMILES string of the molecule is CCCCOc1c(OC)cc(C(=O)NC2CCN(C(C)C)CC2)cc1OC. The van der Waals surface area contributed by atoms with E-state index in [1.54, 1.807) is 26.4 Å². The molecule has 0 spiro atoms. The minimum atomic E-state index is -0.102. The molecule has 6 nitrogen and oxygen atoms in total. The van der Waals surface area contributed by atoms with Crippen molar-refractivity contribution in [2.75, 3.05) is 33.9 Å². The molecule has 0 aromatic heterocycles. The van der Waals surface area contributed by atoms with Gasteiger partial charge < -0.3 is 24.4 Å². The highest BCUT2D eigenvalue weighted by molar-refractivity contribution is 5.95. The second-order valence-corrected chi connectivity index (χ2v) is 7.29. The number of ether oxygens (including phenoxy) is 3. The van der Waals surface area contributed by atoms with E-state index in [0.717, 1.165) is 38.8 Å². The number of benzene rings is 1. The lowest BCUT2D eigenvalue weighted by Gasteiger charge is -2.34. The van der Waals surface area contributed by atoms with Crippen molar-refractivity contribution >= 4 is 5.91 Å². The third kappa shape index (κ3) is 5.76. The molecule has 0 unspecified atom stereocenters. The Morgan fingerprint density at radius 1 is 1.19 bits per heavy atom. The Bertz CT molecular complexity index is 585. The van der Waals surface area contributed by atoms with Gasteiger partial charge in [-0.05, 0) is 45.2 Å². The summed E-state index contributed by atoms with van der Waals surface area (Å²) in [5, 5.41) is 3.15. The second kappa shape index (κ2) is 10.4. The molecule has 1 aromatic rings. The quantitative estimate of drug-likeness (QED) is 0.667. The van der Waals surface area contributed by atoms with Crippen LogP contribution in [0.4, 0.5) is 0 Å². The Labute approximate surface area is 163 Å². The molecule has 0 radical (unpaired) electrons. The van der Waals surface area contributed by atoms with Crippen LogP contribution < -0.4 is 19.5 Å². The summed E-state index contributed by atoms with van der Waals surface area (Å²) in [6.07, 6.45) is 3.93. The standard InChI is InChI=1S/C21H34N2O4/c1-6-7-12-27-20-18(25-4)13-16(14-19(20)26-5)21(24)22-17-8-10-23(11-9-17)15(2)3/h13-15,17H,6-12H2,1-5H3,(H,22,24). The number of likely N-dealkylation sites (tertiary alicyclic amines) is 1. The average Bonchev–Trinajstić information content (AvgIpc) is 2.68. The van der Waals surface area contributed by atoms with Crippen LogP contribution in [-0.2, 0) is 0 Å². The number of hydrogen-bond acceptors (Lipinski definition) is 5. The minimum absolute atomic E-state index is 0.102. The number of carbonyl (C=O) groups is 1. The molecule has 1 fully saturated rings. The Hall–Kier alpha value is -1.95. The fraction of sp³-hybridized carbons (Fsp3) is 0.667. The number of amides is 1. The van der Waals surface area contributed by atoms with E-state index in [2.05, 4.69) is 31.0 Å². The largest absolute Gasteiger partial charge is 0.493 e. The van der Waals surface area contributed by atoms with Gasteiger partial charge in [-0.2, -0.15) is 0 Å². The summed E-state index contributed by atoms with van der Waals surface area (Å²) in [6.45, 7) is 9.14. The fourth-order valence-corrected chi connectivity index (χ4v) is 3.30. The van der Waals surface area contributed by atoms with Crippen LogP contribution in [0.2, 0.25) is 0 Å². The molecule has 27 heavy (non-hydrogen) atoms. The van der Waals surface area contributed by atoms with E-state index in [1.807, 2.05) is 0 Å². The number of nitrogens with zero attached hydrogens (tertiary/aromatic N) is 1. The zero-order valence-corrected chi connectivity index (χ0v) is 17.3. The highest BCUT2D eigenvalue weighted by atomic mass is 16.5. The van der Waals surface area contributed by atoms with E-state index in [-0.39, 0.29) is 11.9 Å². The van der Waals surface area contributed by atoms with E-state index < -0.39 is 0 Å². The van der Waals surface area contributed by atoms with Gasteiger partial charge in [0.2, 0.25) is 5.75 Å². The third-order valence-electron chi connectivity index (χ3n) is 5.06. The lowest BCUT2D eigenvalue weighted by molar-refractivity contribution is 0.0900. The van der Waals surface area contributed by atoms with Gasteiger partial charge in [-0.25, -0.2) is 0 Å². The third-order valence-corrected chi connectivity index (χ3v) is 5.06. The van der Waals surface area contributed by atoms with E-state index in [0.29, 0.717) is 35.5 Å². The summed E-state index contributed by atoms with van der Waals surface area (Å²) in [4.78, 5) is 15.2. The molecular weight excluding hydrogens is 344 g/mol. The Kier molecular flexibility index (Phi) is 8.23. The maximum Gasteiger partial charge on any atom is 0.251 e. The predicted molar refractivity (Wildman–Crippen MR) is 107 cm³/mol. The molecule has 0 saturated carbocycles. The van der Waals surface area contributed by atoms with Gasteiger partial charge in [0, 0.05) is 30.7 Å². The molecule has 0 atom stereocenters. The summed E-state index contributed by atoms with van der Waals surface area (Å²) in [5.74, 6) is 1.49. The summed E-state index contributed by atoms with van der Waals surface area (Å²) in [6, 6.07) is 4.20. The molecule has 0 bridgehead atoms. The van der Waals surface area contributed by atoms with Crippen molar-refractivity contribution in [3.05, 3.63) is 17.7 Å². The Morgan fingerprint density at radius 3 is 2.26 bits per heavy atom. The number of hydrogen-bond donors (Lipinski definition) is 1. The topological polar surface area (TPSA) is 60.0 Å². The number of carbonyl (C=O) groups excluding carboxylic acids is 1. The van der Waals surface area contributed by atoms with Crippen LogP contribution in [0.3, 0.4) is 0 Å². The van der Waals surface area contributed by atoms with Crippen molar-refractivity contribution in [3.8, 4) is 17.2 Å². The van der Waals surface area contributed by atoms with Gasteiger partial charge >= 0.3 is 0 Å². The lowest BCUT2D eigenvalue weighted by atomic mass is 10.0. The van der Waals surface area contributed by atoms with Crippen LogP contribution >= 0.6 is 0 Å². The van der Waals surface area contributed by atoms with Gasteiger partial charge in [0.15, 0.2) is 11.5 Å². The number of methoxy groups -OCH3 is 2. The molecule has 1 N–H and O–H groups in total. The first-order chi connectivity index (χ1) is 13.0. The zero-order chi connectivity index (χ0) is 19.8. The van der Waals surface area contributed by atoms with Crippen molar-refractivity contribution in [1.82, 2.24) is 10.2 Å². The first-order valence-electron chi connectivity index (χ1n) is 9.93. The van der Waals surface area contributed by atoms with Gasteiger partial charge in [0.1, 0.15) is 0 Å². The normalized spacial score (nSPS) is 15.6. The lowest BCUT2D eigenvalue weighted by Crippen LogP contribution is -2.46. The van der Waals surface area contributed by atoms with Crippen molar-refractivity contribution in [1.29, 1.82) is 0 Å². The smallest absolute Gasteiger partial charge is 0.251 e. The minimum Gasteiger partial charge on any atom is -0.493 e. The number of piperidine rings is 1. The molecule has 1 amide bonds. The van der Waals surface area contributed by atoms with Crippen LogP contribution in [0, 0.1) is 0 Å². The summed E-state index contributed by atoms with van der Waals surface area (Å²) in [7, 11) is 3.15. The molecule has 1 aliphatic rings. The zero-order valence-electron chi connectivity index (χ0n) is 17.3. The Morgan fingerprint density at radius 2 is 1.78 bits per heavy atom. The van der Waals surface area contributed by atoms with E-state index in [1.165, 1.54) is 0 Å². The van der Waals surface area contributed by atoms with Crippen LogP contribution in [0.1, 0.15) is 56.8 Å². The molecule has 152 valence electrons. The van der Waals surface area contributed by atoms with Crippen molar-refractivity contribution in [2.45, 2.75) is 58.5 Å². The van der Waals surface area contributed by atoms with Gasteiger partial charge in [0.25, 0.3) is 5.91 Å². The molecular formula is C21H34N2O4. The Balaban J connectivity index is 2.07. The molecule has 0 aliphatic carbocycles. The van der Waals surface area contributed by atoms with Gasteiger partial charge in [-0.3, -0.25) is 4.79 Å². The van der Waals surface area contributed by atoms with Crippen LogP contribution in [0.25, 0.3) is 0 Å². The van der Waals surface area contributed by atoms with Gasteiger partial charge in [0.05, 0.1) is 20.8 Å². The van der Waals surface area contributed by atoms with Crippen molar-refractivity contribution in [2.24, 2.45) is 0 Å². The summed E-state index contributed by atoms with van der Waals surface area (Å²) < 4.78 is 16.7. The number of nitrogens with one attached hydrogen (secondary N) is 1.